The predicted octanol–water partition coefficient (Wildman–Crippen LogP) is 5.02. The van der Waals surface area contributed by atoms with E-state index in [-0.39, 0.29) is 11.6 Å². The first-order valence-electron chi connectivity index (χ1n) is 11.9. The van der Waals surface area contributed by atoms with Gasteiger partial charge in [0.25, 0.3) is 5.91 Å². The van der Waals surface area contributed by atoms with Crippen LogP contribution >= 0.6 is 0 Å². The van der Waals surface area contributed by atoms with Gasteiger partial charge in [0.05, 0.1) is 16.9 Å². The molecule has 1 saturated carbocycles. The van der Waals surface area contributed by atoms with E-state index >= 15 is 0 Å². The van der Waals surface area contributed by atoms with Gasteiger partial charge in [-0.15, -0.1) is 0 Å². The zero-order valence-corrected chi connectivity index (χ0v) is 20.7. The minimum absolute atomic E-state index is 0.112. The van der Waals surface area contributed by atoms with Crippen molar-refractivity contribution in [3.63, 3.8) is 0 Å². The molecule has 0 unspecified atom stereocenters. The molecular formula is C27H29BFN3O3. The summed E-state index contributed by atoms with van der Waals surface area (Å²) in [6.45, 7) is 9.83. The maximum absolute atomic E-state index is 14.9. The second-order valence-corrected chi connectivity index (χ2v) is 10.4. The lowest BCUT2D eigenvalue weighted by Gasteiger charge is -2.32. The first-order valence-corrected chi connectivity index (χ1v) is 11.9. The van der Waals surface area contributed by atoms with E-state index in [0.29, 0.717) is 11.5 Å². The summed E-state index contributed by atoms with van der Waals surface area (Å²) >= 11 is 0. The van der Waals surface area contributed by atoms with Crippen molar-refractivity contribution in [3.05, 3.63) is 71.6 Å². The van der Waals surface area contributed by atoms with Gasteiger partial charge in [0.1, 0.15) is 5.82 Å². The molecule has 2 aliphatic rings. The standard InChI is InChI=1S/C27H29BFN3O3/c1-16-10-22(29)24(32-25(33)18-8-9-31-23(12-18)17-6-7-17)13-21(16)19-11-20(15-30-14-19)28-34-26(2,3)27(4,5)35-28/h8-15,17H,6-7H2,1-5H3,(H,32,33). The Morgan fingerprint density at radius 3 is 2.49 bits per heavy atom. The summed E-state index contributed by atoms with van der Waals surface area (Å²) in [7, 11) is -0.556. The van der Waals surface area contributed by atoms with Gasteiger partial charge in [-0.25, -0.2) is 4.39 Å². The lowest BCUT2D eigenvalue weighted by Crippen LogP contribution is -2.41. The van der Waals surface area contributed by atoms with Crippen molar-refractivity contribution < 1.29 is 18.5 Å². The van der Waals surface area contributed by atoms with Gasteiger partial charge >= 0.3 is 7.12 Å². The van der Waals surface area contributed by atoms with E-state index in [1.807, 2.05) is 40.7 Å². The van der Waals surface area contributed by atoms with Crippen molar-refractivity contribution in [1.29, 1.82) is 0 Å². The number of hydrogen-bond acceptors (Lipinski definition) is 5. The van der Waals surface area contributed by atoms with Crippen molar-refractivity contribution in [2.75, 3.05) is 5.32 Å². The topological polar surface area (TPSA) is 73.3 Å². The third-order valence-electron chi connectivity index (χ3n) is 7.20. The van der Waals surface area contributed by atoms with Crippen LogP contribution in [-0.2, 0) is 9.31 Å². The molecule has 1 aliphatic heterocycles. The Hall–Kier alpha value is -3.10. The number of halogens is 1. The highest BCUT2D eigenvalue weighted by molar-refractivity contribution is 6.62. The molecular weight excluding hydrogens is 444 g/mol. The maximum Gasteiger partial charge on any atom is 0.496 e. The summed E-state index contributed by atoms with van der Waals surface area (Å²) in [4.78, 5) is 21.6. The molecule has 8 heteroatoms. The average molecular weight is 473 g/mol. The molecule has 0 bridgehead atoms. The van der Waals surface area contributed by atoms with Crippen molar-refractivity contribution in [1.82, 2.24) is 9.97 Å². The maximum atomic E-state index is 14.9. The number of nitrogens with one attached hydrogen (secondary N) is 1. The Morgan fingerprint density at radius 2 is 1.80 bits per heavy atom. The van der Waals surface area contributed by atoms with Crippen molar-refractivity contribution >= 4 is 24.2 Å². The molecule has 0 spiro atoms. The Kier molecular flexibility index (Phi) is 5.76. The number of anilines is 1. The number of hydrogen-bond donors (Lipinski definition) is 1. The van der Waals surface area contributed by atoms with Crippen LogP contribution in [0.1, 0.15) is 68.1 Å². The zero-order chi connectivity index (χ0) is 25.0. The largest absolute Gasteiger partial charge is 0.496 e. The van der Waals surface area contributed by atoms with Crippen molar-refractivity contribution in [2.45, 2.75) is 64.6 Å². The summed E-state index contributed by atoms with van der Waals surface area (Å²) in [5, 5.41) is 2.73. The SMILES string of the molecule is Cc1cc(F)c(NC(=O)c2ccnc(C3CC3)c2)cc1-c1cncc(B2OC(C)(C)C(C)(C)O2)c1. The molecule has 3 aromatic rings. The summed E-state index contributed by atoms with van der Waals surface area (Å²) in [5.74, 6) is -0.438. The lowest BCUT2D eigenvalue weighted by atomic mass is 9.79. The Labute approximate surface area is 205 Å². The quantitative estimate of drug-likeness (QED) is 0.527. The van der Waals surface area contributed by atoms with Gasteiger partial charge < -0.3 is 14.6 Å². The van der Waals surface area contributed by atoms with E-state index in [1.54, 1.807) is 36.8 Å². The van der Waals surface area contributed by atoms with Gasteiger partial charge in [-0.3, -0.25) is 14.8 Å². The van der Waals surface area contributed by atoms with Crippen LogP contribution in [0.15, 0.2) is 48.9 Å². The highest BCUT2D eigenvalue weighted by Gasteiger charge is 2.51. The molecule has 6 nitrogen and oxygen atoms in total. The number of rotatable bonds is 5. The van der Waals surface area contributed by atoms with Crippen molar-refractivity contribution in [3.8, 4) is 11.1 Å². The van der Waals surface area contributed by atoms with E-state index < -0.39 is 24.1 Å². The number of nitrogens with zero attached hydrogens (tertiary/aromatic N) is 2. The normalized spacial score (nSPS) is 18.5. The van der Waals surface area contributed by atoms with E-state index in [4.69, 9.17) is 9.31 Å². The van der Waals surface area contributed by atoms with Gasteiger partial charge in [-0.1, -0.05) is 6.07 Å². The summed E-state index contributed by atoms with van der Waals surface area (Å²) in [5.41, 5.74) is 3.61. The molecule has 3 heterocycles. The van der Waals surface area contributed by atoms with Gasteiger partial charge in [-0.2, -0.15) is 0 Å². The van der Waals surface area contributed by atoms with E-state index in [2.05, 4.69) is 15.3 Å². The van der Waals surface area contributed by atoms with Gasteiger partial charge in [0.2, 0.25) is 0 Å². The molecule has 180 valence electrons. The number of pyridine rings is 2. The summed E-state index contributed by atoms with van der Waals surface area (Å²) < 4.78 is 27.2. The molecule has 1 aromatic carbocycles. The second kappa shape index (κ2) is 8.54. The fourth-order valence-corrected chi connectivity index (χ4v) is 4.18. The molecule has 0 atom stereocenters. The molecule has 5 rings (SSSR count). The van der Waals surface area contributed by atoms with Crippen LogP contribution in [0.5, 0.6) is 0 Å². The van der Waals surface area contributed by atoms with Crippen LogP contribution in [0.4, 0.5) is 10.1 Å². The Balaban J connectivity index is 1.42. The van der Waals surface area contributed by atoms with Gasteiger partial charge in [-0.05, 0) is 88.4 Å². The van der Waals surface area contributed by atoms with E-state index in [0.717, 1.165) is 40.7 Å². The first-order chi connectivity index (χ1) is 16.5. The fourth-order valence-electron chi connectivity index (χ4n) is 4.18. The Morgan fingerprint density at radius 1 is 1.09 bits per heavy atom. The predicted molar refractivity (Wildman–Crippen MR) is 134 cm³/mol. The third-order valence-corrected chi connectivity index (χ3v) is 7.20. The number of aromatic nitrogens is 2. The number of amides is 1. The van der Waals surface area contributed by atoms with E-state index in [1.165, 1.54) is 6.07 Å². The highest BCUT2D eigenvalue weighted by atomic mass is 19.1. The van der Waals surface area contributed by atoms with Crippen molar-refractivity contribution in [2.24, 2.45) is 0 Å². The molecule has 2 fully saturated rings. The number of aryl methyl sites for hydroxylation is 1. The first kappa shape index (κ1) is 23.6. The minimum atomic E-state index is -0.556. The monoisotopic (exact) mass is 473 g/mol. The summed E-state index contributed by atoms with van der Waals surface area (Å²) in [6.07, 6.45) is 7.24. The van der Waals surface area contributed by atoms with Crippen LogP contribution in [0.3, 0.4) is 0 Å². The lowest BCUT2D eigenvalue weighted by molar-refractivity contribution is 0.00578. The van der Waals surface area contributed by atoms with Crippen LogP contribution in [-0.4, -0.2) is 34.2 Å². The summed E-state index contributed by atoms with van der Waals surface area (Å²) in [6, 6.07) is 8.45. The molecule has 1 aliphatic carbocycles. The third kappa shape index (κ3) is 4.60. The van der Waals surface area contributed by atoms with Crippen LogP contribution < -0.4 is 10.8 Å². The van der Waals surface area contributed by atoms with Crippen LogP contribution in [0, 0.1) is 12.7 Å². The molecule has 1 amide bonds. The molecule has 0 radical (unpaired) electrons. The molecule has 2 aromatic heterocycles. The van der Waals surface area contributed by atoms with Gasteiger partial charge in [0, 0.05) is 41.2 Å². The smallest absolute Gasteiger partial charge is 0.399 e. The van der Waals surface area contributed by atoms with Crippen LogP contribution in [0.25, 0.3) is 11.1 Å². The minimum Gasteiger partial charge on any atom is -0.399 e. The molecule has 1 saturated heterocycles. The zero-order valence-electron chi connectivity index (χ0n) is 20.7. The second-order valence-electron chi connectivity index (χ2n) is 10.4. The molecule has 1 N–H and O–H groups in total. The fraction of sp³-hybridized carbons (Fsp3) is 0.370. The van der Waals surface area contributed by atoms with Gasteiger partial charge in [0.15, 0.2) is 0 Å². The highest BCUT2D eigenvalue weighted by Crippen LogP contribution is 2.39. The number of carbonyl (C=O) groups excluding carboxylic acids is 1. The average Bonchev–Trinajstić information content (AvgIpc) is 3.62. The van der Waals surface area contributed by atoms with Crippen LogP contribution in [0.2, 0.25) is 0 Å². The number of carbonyl (C=O) groups is 1. The van der Waals surface area contributed by atoms with E-state index in [9.17, 15) is 9.18 Å². The Bertz CT molecular complexity index is 1290. The molecule has 35 heavy (non-hydrogen) atoms. The number of benzene rings is 1.